The zero-order valence-electron chi connectivity index (χ0n) is 19.1. The van der Waals surface area contributed by atoms with E-state index in [1.165, 1.54) is 18.3 Å². The summed E-state index contributed by atoms with van der Waals surface area (Å²) in [6.07, 6.45) is 2.13. The molecule has 2 aromatic carbocycles. The maximum Gasteiger partial charge on any atom is 0.329 e. The fraction of sp³-hybridized carbons (Fsp3) is 0.375. The van der Waals surface area contributed by atoms with Gasteiger partial charge in [0.2, 0.25) is 0 Å². The molecule has 0 radical (unpaired) electrons. The quantitative estimate of drug-likeness (QED) is 0.220. The van der Waals surface area contributed by atoms with Gasteiger partial charge in [0.15, 0.2) is 11.5 Å². The molecule has 2 rings (SSSR count). The van der Waals surface area contributed by atoms with E-state index in [0.717, 1.165) is 5.56 Å². The van der Waals surface area contributed by atoms with Gasteiger partial charge in [0, 0.05) is 13.2 Å². The zero-order valence-corrected chi connectivity index (χ0v) is 19.1. The maximum atomic E-state index is 13.0. The van der Waals surface area contributed by atoms with Gasteiger partial charge >= 0.3 is 11.8 Å². The predicted molar refractivity (Wildman–Crippen MR) is 123 cm³/mol. The maximum absolute atomic E-state index is 13.0. The van der Waals surface area contributed by atoms with Gasteiger partial charge in [-0.2, -0.15) is 5.10 Å². The summed E-state index contributed by atoms with van der Waals surface area (Å²) in [6, 6.07) is 11.2. The van der Waals surface area contributed by atoms with Crippen molar-refractivity contribution in [2.45, 2.75) is 39.9 Å². The lowest BCUT2D eigenvalue weighted by Gasteiger charge is -2.12. The van der Waals surface area contributed by atoms with Gasteiger partial charge in [0.1, 0.15) is 12.4 Å². The number of hydrogen-bond donors (Lipinski definition) is 2. The summed E-state index contributed by atoms with van der Waals surface area (Å²) in [7, 11) is 0. The number of rotatable bonds is 12. The number of carbonyl (C=O) groups excluding carboxylic acids is 2. The van der Waals surface area contributed by atoms with Crippen molar-refractivity contribution in [1.82, 2.24) is 10.7 Å². The first kappa shape index (κ1) is 25.8. The van der Waals surface area contributed by atoms with Crippen molar-refractivity contribution in [3.8, 4) is 11.5 Å². The van der Waals surface area contributed by atoms with E-state index in [0.29, 0.717) is 43.2 Å². The zero-order chi connectivity index (χ0) is 24.1. The van der Waals surface area contributed by atoms with E-state index in [4.69, 9.17) is 14.2 Å². The molecule has 0 aliphatic carbocycles. The van der Waals surface area contributed by atoms with Crippen molar-refractivity contribution in [1.29, 1.82) is 0 Å². The van der Waals surface area contributed by atoms with Crippen molar-refractivity contribution >= 4 is 18.0 Å². The van der Waals surface area contributed by atoms with E-state index >= 15 is 0 Å². The average Bonchev–Trinajstić information content (AvgIpc) is 2.79. The van der Waals surface area contributed by atoms with Crippen molar-refractivity contribution in [3.05, 3.63) is 59.4 Å². The number of hydrazone groups is 1. The topological polar surface area (TPSA) is 98.2 Å². The molecule has 2 aromatic rings. The summed E-state index contributed by atoms with van der Waals surface area (Å²) in [5, 5.41) is 6.33. The monoisotopic (exact) mass is 459 g/mol. The van der Waals surface area contributed by atoms with E-state index in [-0.39, 0.29) is 18.5 Å². The third-order valence-corrected chi connectivity index (χ3v) is 4.22. The molecule has 0 spiro atoms. The summed E-state index contributed by atoms with van der Waals surface area (Å²) in [6.45, 7) is 7.21. The first-order valence-corrected chi connectivity index (χ1v) is 10.8. The molecule has 0 fully saturated rings. The number of benzene rings is 2. The second kappa shape index (κ2) is 13.8. The highest BCUT2D eigenvalue weighted by Gasteiger charge is 2.12. The molecule has 2 amide bonds. The minimum Gasteiger partial charge on any atom is -0.490 e. The van der Waals surface area contributed by atoms with Gasteiger partial charge in [-0.25, -0.2) is 9.82 Å². The number of nitrogens with zero attached hydrogens (tertiary/aromatic N) is 1. The van der Waals surface area contributed by atoms with Crippen LogP contribution in [0.5, 0.6) is 11.5 Å². The Morgan fingerprint density at radius 1 is 1.06 bits per heavy atom. The number of carbonyl (C=O) groups is 2. The Morgan fingerprint density at radius 3 is 2.52 bits per heavy atom. The van der Waals surface area contributed by atoms with Crippen LogP contribution < -0.4 is 20.2 Å². The average molecular weight is 460 g/mol. The fourth-order valence-electron chi connectivity index (χ4n) is 2.62. The van der Waals surface area contributed by atoms with Crippen LogP contribution in [0.4, 0.5) is 4.39 Å². The smallest absolute Gasteiger partial charge is 0.329 e. The molecule has 9 heteroatoms. The Bertz CT molecular complexity index is 932. The molecule has 0 saturated carbocycles. The Labute approximate surface area is 193 Å². The summed E-state index contributed by atoms with van der Waals surface area (Å²) >= 11 is 0. The largest absolute Gasteiger partial charge is 0.490 e. The van der Waals surface area contributed by atoms with Crippen molar-refractivity contribution in [3.63, 3.8) is 0 Å². The molecule has 0 aromatic heterocycles. The van der Waals surface area contributed by atoms with Crippen molar-refractivity contribution in [2.24, 2.45) is 5.10 Å². The Kier molecular flexibility index (Phi) is 10.8. The SMILES string of the molecule is CCOc1cc(/C=N\NC(=O)C(=O)NCCCOC(C)C)ccc1OCc1ccc(F)cc1. The van der Waals surface area contributed by atoms with Gasteiger partial charge in [-0.1, -0.05) is 12.1 Å². The molecule has 0 unspecified atom stereocenters. The molecule has 0 bridgehead atoms. The van der Waals surface area contributed by atoms with Crippen LogP contribution in [0, 0.1) is 5.82 Å². The van der Waals surface area contributed by atoms with Gasteiger partial charge in [-0.05, 0) is 68.7 Å². The van der Waals surface area contributed by atoms with Gasteiger partial charge in [0.05, 0.1) is 18.9 Å². The van der Waals surface area contributed by atoms with Crippen molar-refractivity contribution in [2.75, 3.05) is 19.8 Å². The second-order valence-electron chi connectivity index (χ2n) is 7.28. The standard InChI is InChI=1S/C24H30FN3O5/c1-4-31-22-14-19(8-11-21(22)33-16-18-6-9-20(25)10-7-18)15-27-28-24(30)23(29)26-12-5-13-32-17(2)3/h6-11,14-15,17H,4-5,12-13,16H2,1-3H3,(H,26,29)(H,28,30)/b27-15-. The van der Waals surface area contributed by atoms with Crippen LogP contribution in [0.25, 0.3) is 0 Å². The second-order valence-corrected chi connectivity index (χ2v) is 7.28. The molecule has 33 heavy (non-hydrogen) atoms. The normalized spacial score (nSPS) is 10.9. The van der Waals surface area contributed by atoms with Crippen LogP contribution in [0.3, 0.4) is 0 Å². The van der Waals surface area contributed by atoms with Gasteiger partial charge < -0.3 is 19.5 Å². The highest BCUT2D eigenvalue weighted by Crippen LogP contribution is 2.29. The lowest BCUT2D eigenvalue weighted by atomic mass is 10.2. The third-order valence-electron chi connectivity index (χ3n) is 4.22. The molecular formula is C24H30FN3O5. The number of amides is 2. The van der Waals surface area contributed by atoms with Crippen LogP contribution in [0.15, 0.2) is 47.6 Å². The molecule has 0 heterocycles. The summed E-state index contributed by atoms with van der Waals surface area (Å²) in [4.78, 5) is 23.6. The minimum absolute atomic E-state index is 0.122. The summed E-state index contributed by atoms with van der Waals surface area (Å²) < 4.78 is 29.8. The number of halogens is 1. The first-order valence-electron chi connectivity index (χ1n) is 10.8. The molecule has 0 aliphatic rings. The van der Waals surface area contributed by atoms with Gasteiger partial charge in [-0.15, -0.1) is 0 Å². The molecule has 2 N–H and O–H groups in total. The first-order chi connectivity index (χ1) is 15.9. The van der Waals surface area contributed by atoms with E-state index in [2.05, 4.69) is 15.8 Å². The highest BCUT2D eigenvalue weighted by molar-refractivity contribution is 6.35. The van der Waals surface area contributed by atoms with Crippen LogP contribution >= 0.6 is 0 Å². The van der Waals surface area contributed by atoms with Crippen LogP contribution in [-0.2, 0) is 20.9 Å². The molecular weight excluding hydrogens is 429 g/mol. The minimum atomic E-state index is -0.861. The summed E-state index contributed by atoms with van der Waals surface area (Å²) in [5.41, 5.74) is 3.65. The highest BCUT2D eigenvalue weighted by atomic mass is 19.1. The van der Waals surface area contributed by atoms with Crippen LogP contribution in [0.1, 0.15) is 38.3 Å². The predicted octanol–water partition coefficient (Wildman–Crippen LogP) is 3.18. The lowest BCUT2D eigenvalue weighted by molar-refractivity contribution is -0.139. The van der Waals surface area contributed by atoms with E-state index in [1.807, 2.05) is 20.8 Å². The molecule has 178 valence electrons. The summed E-state index contributed by atoms with van der Waals surface area (Å²) in [5.74, 6) is -0.922. The lowest BCUT2D eigenvalue weighted by Crippen LogP contribution is -2.38. The molecule has 0 atom stereocenters. The molecule has 0 saturated heterocycles. The van der Waals surface area contributed by atoms with Gasteiger partial charge in [-0.3, -0.25) is 9.59 Å². The van der Waals surface area contributed by atoms with Gasteiger partial charge in [0.25, 0.3) is 0 Å². The Hall–Kier alpha value is -3.46. The molecule has 0 aliphatic heterocycles. The Balaban J connectivity index is 1.86. The Morgan fingerprint density at radius 2 is 1.82 bits per heavy atom. The number of hydrogen-bond acceptors (Lipinski definition) is 6. The van der Waals surface area contributed by atoms with E-state index < -0.39 is 11.8 Å². The number of ether oxygens (including phenoxy) is 3. The fourth-order valence-corrected chi connectivity index (χ4v) is 2.62. The molecule has 8 nitrogen and oxygen atoms in total. The number of nitrogens with one attached hydrogen (secondary N) is 2. The van der Waals surface area contributed by atoms with E-state index in [1.54, 1.807) is 30.3 Å². The third kappa shape index (κ3) is 9.69. The van der Waals surface area contributed by atoms with E-state index in [9.17, 15) is 14.0 Å². The van der Waals surface area contributed by atoms with Crippen LogP contribution in [-0.4, -0.2) is 43.9 Å². The van der Waals surface area contributed by atoms with Crippen LogP contribution in [0.2, 0.25) is 0 Å². The van der Waals surface area contributed by atoms with Crippen molar-refractivity contribution < 1.29 is 28.2 Å².